The summed E-state index contributed by atoms with van der Waals surface area (Å²) >= 11 is 0. The highest BCUT2D eigenvalue weighted by atomic mass is 19.1. The van der Waals surface area contributed by atoms with Crippen LogP contribution < -0.4 is 11.1 Å². The normalized spacial score (nSPS) is 10.7. The molecule has 3 N–H and O–H groups in total. The van der Waals surface area contributed by atoms with Crippen molar-refractivity contribution in [3.8, 4) is 0 Å². The maximum Gasteiger partial charge on any atom is 0.148 e. The number of anilines is 3. The fourth-order valence-corrected chi connectivity index (χ4v) is 2.12. The summed E-state index contributed by atoms with van der Waals surface area (Å²) < 4.78 is 13.9. The van der Waals surface area contributed by atoms with E-state index in [9.17, 15) is 4.39 Å². The fraction of sp³-hybridized carbons (Fsp3) is 0.0625. The minimum Gasteiger partial charge on any atom is -0.399 e. The van der Waals surface area contributed by atoms with Gasteiger partial charge in [0.05, 0.1) is 16.9 Å². The Balaban J connectivity index is 2.08. The average molecular weight is 267 g/mol. The lowest BCUT2D eigenvalue weighted by atomic mass is 10.1. The number of hydrogen-bond acceptors (Lipinski definition) is 3. The summed E-state index contributed by atoms with van der Waals surface area (Å²) in [6, 6.07) is 14.3. The minimum absolute atomic E-state index is 0.380. The van der Waals surface area contributed by atoms with Crippen LogP contribution in [0.5, 0.6) is 0 Å². The molecule has 0 aliphatic carbocycles. The van der Waals surface area contributed by atoms with Gasteiger partial charge in [-0.2, -0.15) is 0 Å². The first-order valence-electron chi connectivity index (χ1n) is 6.32. The van der Waals surface area contributed by atoms with Crippen LogP contribution in [0.1, 0.15) is 5.69 Å². The number of nitrogens with zero attached hydrogens (tertiary/aromatic N) is 1. The summed E-state index contributed by atoms with van der Waals surface area (Å²) in [4.78, 5) is 4.51. The molecular weight excluding hydrogens is 253 g/mol. The van der Waals surface area contributed by atoms with Gasteiger partial charge in [0.15, 0.2) is 0 Å². The van der Waals surface area contributed by atoms with Crippen molar-refractivity contribution in [1.29, 1.82) is 0 Å². The van der Waals surface area contributed by atoms with E-state index in [0.717, 1.165) is 22.3 Å². The molecule has 0 amide bonds. The van der Waals surface area contributed by atoms with Gasteiger partial charge in [-0.3, -0.25) is 4.98 Å². The lowest BCUT2D eigenvalue weighted by Gasteiger charge is -2.11. The van der Waals surface area contributed by atoms with Gasteiger partial charge in [-0.05, 0) is 37.3 Å². The topological polar surface area (TPSA) is 50.9 Å². The second kappa shape index (κ2) is 4.81. The number of nitrogen functional groups attached to an aromatic ring is 1. The molecule has 20 heavy (non-hydrogen) atoms. The number of benzene rings is 2. The van der Waals surface area contributed by atoms with Crippen LogP contribution in [-0.2, 0) is 0 Å². The maximum absolute atomic E-state index is 13.9. The number of aryl methyl sites for hydroxylation is 1. The van der Waals surface area contributed by atoms with E-state index in [1.54, 1.807) is 12.1 Å². The Kier molecular flexibility index (Phi) is 2.99. The Labute approximate surface area is 116 Å². The van der Waals surface area contributed by atoms with Crippen LogP contribution in [0.25, 0.3) is 10.9 Å². The molecule has 0 aliphatic heterocycles. The Morgan fingerprint density at radius 2 is 1.90 bits per heavy atom. The number of halogens is 1. The van der Waals surface area contributed by atoms with Crippen LogP contribution in [0.15, 0.2) is 48.5 Å². The first kappa shape index (κ1) is 12.4. The Bertz CT molecular complexity index is 784. The van der Waals surface area contributed by atoms with Gasteiger partial charge in [0.25, 0.3) is 0 Å². The van der Waals surface area contributed by atoms with Gasteiger partial charge in [0.2, 0.25) is 0 Å². The molecule has 0 radical (unpaired) electrons. The molecule has 3 rings (SSSR count). The van der Waals surface area contributed by atoms with Gasteiger partial charge in [-0.15, -0.1) is 0 Å². The number of para-hydroxylation sites is 1. The van der Waals surface area contributed by atoms with E-state index in [1.807, 2.05) is 37.3 Å². The van der Waals surface area contributed by atoms with Crippen molar-refractivity contribution in [2.45, 2.75) is 6.92 Å². The number of nitrogens with one attached hydrogen (secondary N) is 1. The van der Waals surface area contributed by atoms with Crippen molar-refractivity contribution in [2.75, 3.05) is 11.1 Å². The molecule has 0 spiro atoms. The molecule has 0 saturated heterocycles. The third kappa shape index (κ3) is 2.28. The van der Waals surface area contributed by atoms with E-state index in [0.29, 0.717) is 11.4 Å². The summed E-state index contributed by atoms with van der Waals surface area (Å²) in [7, 11) is 0. The second-order valence-electron chi connectivity index (χ2n) is 4.69. The highest BCUT2D eigenvalue weighted by molar-refractivity contribution is 5.92. The summed E-state index contributed by atoms with van der Waals surface area (Å²) in [5, 5.41) is 4.09. The molecule has 0 bridgehead atoms. The van der Waals surface area contributed by atoms with E-state index < -0.39 is 0 Å². The van der Waals surface area contributed by atoms with E-state index in [1.165, 1.54) is 6.07 Å². The molecule has 0 atom stereocenters. The number of rotatable bonds is 2. The largest absolute Gasteiger partial charge is 0.399 e. The van der Waals surface area contributed by atoms with Crippen LogP contribution in [-0.4, -0.2) is 4.98 Å². The quantitative estimate of drug-likeness (QED) is 0.690. The molecule has 100 valence electrons. The number of pyridine rings is 1. The van der Waals surface area contributed by atoms with Crippen molar-refractivity contribution < 1.29 is 4.39 Å². The third-order valence-corrected chi connectivity index (χ3v) is 3.12. The van der Waals surface area contributed by atoms with Crippen LogP contribution in [0.2, 0.25) is 0 Å². The smallest absolute Gasteiger partial charge is 0.148 e. The Morgan fingerprint density at radius 3 is 2.70 bits per heavy atom. The van der Waals surface area contributed by atoms with Crippen LogP contribution in [0, 0.1) is 12.7 Å². The molecule has 0 aliphatic rings. The zero-order valence-electron chi connectivity index (χ0n) is 11.0. The molecule has 1 aromatic heterocycles. The van der Waals surface area contributed by atoms with Crippen molar-refractivity contribution >= 4 is 28.0 Å². The van der Waals surface area contributed by atoms with Gasteiger partial charge in [0.1, 0.15) is 5.82 Å². The number of nitrogens with two attached hydrogens (primary N) is 1. The lowest BCUT2D eigenvalue weighted by molar-refractivity contribution is 0.632. The van der Waals surface area contributed by atoms with Gasteiger partial charge in [0, 0.05) is 16.8 Å². The molecular formula is C16H14FN3. The van der Waals surface area contributed by atoms with E-state index in [4.69, 9.17) is 5.73 Å². The van der Waals surface area contributed by atoms with Crippen molar-refractivity contribution in [2.24, 2.45) is 0 Å². The number of aromatic nitrogens is 1. The molecule has 3 aromatic rings. The van der Waals surface area contributed by atoms with Gasteiger partial charge in [-0.25, -0.2) is 4.39 Å². The van der Waals surface area contributed by atoms with E-state index in [-0.39, 0.29) is 5.82 Å². The molecule has 2 aromatic carbocycles. The molecule has 4 heteroatoms. The lowest BCUT2D eigenvalue weighted by Crippen LogP contribution is -1.97. The summed E-state index contributed by atoms with van der Waals surface area (Å²) in [6.07, 6.45) is 0. The highest BCUT2D eigenvalue weighted by Gasteiger charge is 2.06. The maximum atomic E-state index is 13.9. The summed E-state index contributed by atoms with van der Waals surface area (Å²) in [6.45, 7) is 1.93. The van der Waals surface area contributed by atoms with Gasteiger partial charge < -0.3 is 11.1 Å². The zero-order chi connectivity index (χ0) is 14.1. The van der Waals surface area contributed by atoms with Crippen molar-refractivity contribution in [3.05, 3.63) is 60.0 Å². The van der Waals surface area contributed by atoms with Crippen LogP contribution >= 0.6 is 0 Å². The summed E-state index contributed by atoms with van der Waals surface area (Å²) in [5.41, 5.74) is 8.85. The number of fused-ring (bicyclic) bond motifs is 1. The fourth-order valence-electron chi connectivity index (χ4n) is 2.12. The number of hydrogen-bond donors (Lipinski definition) is 2. The minimum atomic E-state index is -0.380. The highest BCUT2D eigenvalue weighted by Crippen LogP contribution is 2.27. The third-order valence-electron chi connectivity index (χ3n) is 3.12. The van der Waals surface area contributed by atoms with Crippen LogP contribution in [0.4, 0.5) is 21.5 Å². The second-order valence-corrected chi connectivity index (χ2v) is 4.69. The standard InChI is InChI=1S/C16H14FN3/c1-10-5-6-11-3-2-4-15(16(11)19-10)20-14-8-7-12(18)9-13(14)17/h2-9,20H,18H2,1H3. The SMILES string of the molecule is Cc1ccc2cccc(Nc3ccc(N)cc3F)c2n1. The van der Waals surface area contributed by atoms with Crippen LogP contribution in [0.3, 0.4) is 0 Å². The Hall–Kier alpha value is -2.62. The molecule has 1 heterocycles. The monoisotopic (exact) mass is 267 g/mol. The van der Waals surface area contributed by atoms with Crippen molar-refractivity contribution in [3.63, 3.8) is 0 Å². The first-order valence-corrected chi connectivity index (χ1v) is 6.32. The van der Waals surface area contributed by atoms with E-state index >= 15 is 0 Å². The van der Waals surface area contributed by atoms with Gasteiger partial charge in [-0.1, -0.05) is 18.2 Å². The Morgan fingerprint density at radius 1 is 1.05 bits per heavy atom. The zero-order valence-corrected chi connectivity index (χ0v) is 11.0. The predicted octanol–water partition coefficient (Wildman–Crippen LogP) is 4.01. The molecule has 0 saturated carbocycles. The average Bonchev–Trinajstić information content (AvgIpc) is 2.42. The van der Waals surface area contributed by atoms with Gasteiger partial charge >= 0.3 is 0 Å². The molecule has 0 fully saturated rings. The summed E-state index contributed by atoms with van der Waals surface area (Å²) in [5.74, 6) is -0.380. The molecule has 0 unspecified atom stereocenters. The van der Waals surface area contributed by atoms with E-state index in [2.05, 4.69) is 10.3 Å². The first-order chi connectivity index (χ1) is 9.63. The van der Waals surface area contributed by atoms with Crippen molar-refractivity contribution in [1.82, 2.24) is 4.98 Å². The predicted molar refractivity (Wildman–Crippen MR) is 80.6 cm³/mol. The molecule has 3 nitrogen and oxygen atoms in total.